The summed E-state index contributed by atoms with van der Waals surface area (Å²) in [5.41, 5.74) is 1.26. The first-order chi connectivity index (χ1) is 8.63. The zero-order valence-electron chi connectivity index (χ0n) is 11.0. The number of nitrogens with zero attached hydrogens (tertiary/aromatic N) is 1. The van der Waals surface area contributed by atoms with Gasteiger partial charge in [-0.25, -0.2) is 0 Å². The average molecular weight is 244 g/mol. The van der Waals surface area contributed by atoms with Gasteiger partial charge in [0.05, 0.1) is 6.07 Å². The monoisotopic (exact) mass is 244 g/mol. The number of nitriles is 1. The highest BCUT2D eigenvalue weighted by atomic mass is 16.1. The Kier molecular flexibility index (Phi) is 5.93. The molecule has 0 radical (unpaired) electrons. The molecule has 3 nitrogen and oxygen atoms in total. The first-order valence-corrected chi connectivity index (χ1v) is 6.31. The third-order valence-corrected chi connectivity index (χ3v) is 3.04. The van der Waals surface area contributed by atoms with Crippen LogP contribution in [-0.4, -0.2) is 11.9 Å². The van der Waals surface area contributed by atoms with Crippen molar-refractivity contribution in [2.24, 2.45) is 5.92 Å². The van der Waals surface area contributed by atoms with Gasteiger partial charge in [0.15, 0.2) is 0 Å². The highest BCUT2D eigenvalue weighted by molar-refractivity contribution is 5.73. The SMILES string of the molecule is CC(=O)NC(CCC#N)C(C)Cc1ccccc1. The molecule has 0 aliphatic rings. The van der Waals surface area contributed by atoms with Crippen LogP contribution in [0.2, 0.25) is 0 Å². The number of hydrogen-bond donors (Lipinski definition) is 1. The molecule has 0 fully saturated rings. The Morgan fingerprint density at radius 3 is 2.61 bits per heavy atom. The summed E-state index contributed by atoms with van der Waals surface area (Å²) in [6, 6.07) is 12.4. The fourth-order valence-corrected chi connectivity index (χ4v) is 2.11. The third-order valence-electron chi connectivity index (χ3n) is 3.04. The molecule has 1 N–H and O–H groups in total. The maximum Gasteiger partial charge on any atom is 0.217 e. The third kappa shape index (κ3) is 5.01. The predicted molar refractivity (Wildman–Crippen MR) is 71.8 cm³/mol. The van der Waals surface area contributed by atoms with Crippen molar-refractivity contribution in [2.45, 2.75) is 39.2 Å². The van der Waals surface area contributed by atoms with Crippen molar-refractivity contribution in [1.82, 2.24) is 5.32 Å². The van der Waals surface area contributed by atoms with Crippen molar-refractivity contribution in [3.63, 3.8) is 0 Å². The Morgan fingerprint density at radius 1 is 1.39 bits per heavy atom. The molecule has 0 saturated heterocycles. The van der Waals surface area contributed by atoms with Crippen molar-refractivity contribution < 1.29 is 4.79 Å². The molecule has 2 atom stereocenters. The van der Waals surface area contributed by atoms with Crippen LogP contribution in [0.5, 0.6) is 0 Å². The van der Waals surface area contributed by atoms with E-state index in [4.69, 9.17) is 5.26 Å². The van der Waals surface area contributed by atoms with Crippen molar-refractivity contribution in [2.75, 3.05) is 0 Å². The maximum absolute atomic E-state index is 11.2. The molecule has 0 bridgehead atoms. The van der Waals surface area contributed by atoms with Gasteiger partial charge in [-0.05, 0) is 24.3 Å². The van der Waals surface area contributed by atoms with Gasteiger partial charge in [0.2, 0.25) is 5.91 Å². The molecule has 0 spiro atoms. The Labute approximate surface area is 109 Å². The van der Waals surface area contributed by atoms with E-state index in [1.165, 1.54) is 12.5 Å². The molecule has 1 rings (SSSR count). The molecule has 0 saturated carbocycles. The van der Waals surface area contributed by atoms with Gasteiger partial charge < -0.3 is 5.32 Å². The number of carbonyl (C=O) groups is 1. The van der Waals surface area contributed by atoms with Gasteiger partial charge in [-0.1, -0.05) is 37.3 Å². The van der Waals surface area contributed by atoms with Crippen molar-refractivity contribution in [3.05, 3.63) is 35.9 Å². The second-order valence-corrected chi connectivity index (χ2v) is 4.67. The lowest BCUT2D eigenvalue weighted by Gasteiger charge is -2.24. The zero-order chi connectivity index (χ0) is 13.4. The van der Waals surface area contributed by atoms with E-state index in [0.717, 1.165) is 6.42 Å². The molecule has 3 heteroatoms. The van der Waals surface area contributed by atoms with E-state index in [-0.39, 0.29) is 11.9 Å². The average Bonchev–Trinajstić information content (AvgIpc) is 2.35. The summed E-state index contributed by atoms with van der Waals surface area (Å²) in [4.78, 5) is 11.2. The Balaban J connectivity index is 2.61. The molecule has 0 aliphatic carbocycles. The second-order valence-electron chi connectivity index (χ2n) is 4.67. The highest BCUT2D eigenvalue weighted by Gasteiger charge is 2.18. The van der Waals surface area contributed by atoms with Crippen LogP contribution in [0, 0.1) is 17.2 Å². The van der Waals surface area contributed by atoms with Crippen LogP contribution in [0.15, 0.2) is 30.3 Å². The maximum atomic E-state index is 11.2. The standard InChI is InChI=1S/C15H20N2O/c1-12(11-14-7-4-3-5-8-14)15(9-6-10-16)17-13(2)18/h3-5,7-8,12,15H,6,9,11H2,1-2H3,(H,17,18). The van der Waals surface area contributed by atoms with E-state index in [1.54, 1.807) is 0 Å². The van der Waals surface area contributed by atoms with Gasteiger partial charge in [-0.2, -0.15) is 5.26 Å². The van der Waals surface area contributed by atoms with Crippen molar-refractivity contribution in [3.8, 4) is 6.07 Å². The van der Waals surface area contributed by atoms with Gasteiger partial charge in [-0.3, -0.25) is 4.79 Å². The summed E-state index contributed by atoms with van der Waals surface area (Å²) in [7, 11) is 0. The normalized spacial score (nSPS) is 13.4. The van der Waals surface area contributed by atoms with Gasteiger partial charge >= 0.3 is 0 Å². The van der Waals surface area contributed by atoms with Crippen LogP contribution in [0.25, 0.3) is 0 Å². The Hall–Kier alpha value is -1.82. The van der Waals surface area contributed by atoms with Crippen LogP contribution in [0.1, 0.15) is 32.3 Å². The molecule has 0 aliphatic heterocycles. The summed E-state index contributed by atoms with van der Waals surface area (Å²) < 4.78 is 0. The molecular formula is C15H20N2O. The van der Waals surface area contributed by atoms with Crippen LogP contribution < -0.4 is 5.32 Å². The molecule has 96 valence electrons. The number of carbonyl (C=O) groups excluding carboxylic acids is 1. The number of amides is 1. The van der Waals surface area contributed by atoms with E-state index in [9.17, 15) is 4.79 Å². The molecule has 18 heavy (non-hydrogen) atoms. The minimum Gasteiger partial charge on any atom is -0.353 e. The summed E-state index contributed by atoms with van der Waals surface area (Å²) in [5, 5.41) is 11.6. The molecule has 0 aromatic heterocycles. The number of hydrogen-bond acceptors (Lipinski definition) is 2. The lowest BCUT2D eigenvalue weighted by Crippen LogP contribution is -2.38. The van der Waals surface area contributed by atoms with E-state index < -0.39 is 0 Å². The minimum absolute atomic E-state index is 0.0298. The minimum atomic E-state index is -0.0298. The van der Waals surface area contributed by atoms with Crippen molar-refractivity contribution >= 4 is 5.91 Å². The summed E-state index contributed by atoms with van der Waals surface area (Å²) in [6.07, 6.45) is 2.10. The number of nitrogens with one attached hydrogen (secondary N) is 1. The summed E-state index contributed by atoms with van der Waals surface area (Å²) >= 11 is 0. The van der Waals surface area contributed by atoms with E-state index >= 15 is 0 Å². The lowest BCUT2D eigenvalue weighted by atomic mass is 9.91. The van der Waals surface area contributed by atoms with E-state index in [0.29, 0.717) is 18.8 Å². The van der Waals surface area contributed by atoms with Crippen LogP contribution in [-0.2, 0) is 11.2 Å². The fraction of sp³-hybridized carbons (Fsp3) is 0.467. The first kappa shape index (κ1) is 14.2. The van der Waals surface area contributed by atoms with Crippen LogP contribution >= 0.6 is 0 Å². The van der Waals surface area contributed by atoms with E-state index in [1.807, 2.05) is 18.2 Å². The van der Waals surface area contributed by atoms with Gasteiger partial charge in [0.1, 0.15) is 0 Å². The Bertz CT molecular complexity index is 408. The summed E-state index contributed by atoms with van der Waals surface area (Å²) in [6.45, 7) is 3.64. The molecule has 0 heterocycles. The molecular weight excluding hydrogens is 224 g/mol. The number of benzene rings is 1. The second kappa shape index (κ2) is 7.50. The van der Waals surface area contributed by atoms with E-state index in [2.05, 4.69) is 30.4 Å². The topological polar surface area (TPSA) is 52.9 Å². The van der Waals surface area contributed by atoms with Gasteiger partial charge in [-0.15, -0.1) is 0 Å². The predicted octanol–water partition coefficient (Wildman–Crippen LogP) is 2.67. The number of rotatable bonds is 6. The van der Waals surface area contributed by atoms with Crippen LogP contribution in [0.4, 0.5) is 0 Å². The largest absolute Gasteiger partial charge is 0.353 e. The Morgan fingerprint density at radius 2 is 2.06 bits per heavy atom. The van der Waals surface area contributed by atoms with Crippen molar-refractivity contribution in [1.29, 1.82) is 5.26 Å². The first-order valence-electron chi connectivity index (χ1n) is 6.31. The molecule has 1 aromatic carbocycles. The van der Waals surface area contributed by atoms with Gasteiger partial charge in [0, 0.05) is 19.4 Å². The molecule has 1 aromatic rings. The van der Waals surface area contributed by atoms with Crippen LogP contribution in [0.3, 0.4) is 0 Å². The highest BCUT2D eigenvalue weighted by Crippen LogP contribution is 2.15. The summed E-state index contributed by atoms with van der Waals surface area (Å²) in [5.74, 6) is 0.294. The zero-order valence-corrected chi connectivity index (χ0v) is 11.0. The molecule has 2 unspecified atom stereocenters. The smallest absolute Gasteiger partial charge is 0.217 e. The fourth-order valence-electron chi connectivity index (χ4n) is 2.11. The van der Waals surface area contributed by atoms with Gasteiger partial charge in [0.25, 0.3) is 0 Å². The molecule has 1 amide bonds. The quantitative estimate of drug-likeness (QED) is 0.836. The lowest BCUT2D eigenvalue weighted by molar-refractivity contribution is -0.120.